The molecule has 6 N–H and O–H groups in total. The van der Waals surface area contributed by atoms with Gasteiger partial charge in [0, 0.05) is 16.8 Å². The van der Waals surface area contributed by atoms with Gasteiger partial charge in [-0.15, -0.1) is 0 Å². The van der Waals surface area contributed by atoms with Crippen molar-refractivity contribution in [1.82, 2.24) is 0 Å². The maximum absolute atomic E-state index is 13.2. The number of nitrogens with one attached hydrogen (secondary N) is 2. The van der Waals surface area contributed by atoms with E-state index in [-0.39, 0.29) is 17.3 Å². The number of carbonyl (C=O) groups is 2. The molecule has 35 heavy (non-hydrogen) atoms. The van der Waals surface area contributed by atoms with Crippen LogP contribution >= 0.6 is 0 Å². The third kappa shape index (κ3) is 6.75. The minimum absolute atomic E-state index is 0.0425. The maximum atomic E-state index is 13.2. The molecule has 0 spiro atoms. The molecule has 0 fully saturated rings. The number of carbonyl (C=O) groups excluding carboxylic acids is 1. The van der Waals surface area contributed by atoms with Gasteiger partial charge in [0.05, 0.1) is 11.8 Å². The van der Waals surface area contributed by atoms with Gasteiger partial charge in [-0.2, -0.15) is 8.42 Å². The van der Waals surface area contributed by atoms with Gasteiger partial charge < -0.3 is 16.2 Å². The summed E-state index contributed by atoms with van der Waals surface area (Å²) >= 11 is 0. The second-order valence-electron chi connectivity index (χ2n) is 8.05. The van der Waals surface area contributed by atoms with E-state index in [0.29, 0.717) is 34.2 Å². The first-order valence-corrected chi connectivity index (χ1v) is 12.5. The van der Waals surface area contributed by atoms with E-state index < -0.39 is 16.1 Å². The number of carboxylic acids is 1. The molecule has 0 bridgehead atoms. The molecule has 10 heteroatoms. The van der Waals surface area contributed by atoms with Gasteiger partial charge in [0.1, 0.15) is 5.84 Å². The van der Waals surface area contributed by atoms with Gasteiger partial charge in [-0.05, 0) is 77.9 Å². The fourth-order valence-corrected chi connectivity index (χ4v) is 3.87. The lowest BCUT2D eigenvalue weighted by Crippen LogP contribution is -2.15. The van der Waals surface area contributed by atoms with Gasteiger partial charge in [-0.3, -0.25) is 14.8 Å². The number of carboxylic acid groups (broad SMARTS) is 1. The predicted octanol–water partition coefficient (Wildman–Crippen LogP) is 3.58. The van der Waals surface area contributed by atoms with Crippen molar-refractivity contribution < 1.29 is 27.7 Å². The second-order valence-corrected chi connectivity index (χ2v) is 9.52. The van der Waals surface area contributed by atoms with Crippen LogP contribution in [-0.2, 0) is 23.0 Å². The van der Waals surface area contributed by atoms with Crippen LogP contribution in [0.3, 0.4) is 0 Å². The predicted molar refractivity (Wildman–Crippen MR) is 134 cm³/mol. The molecule has 4 rings (SSSR count). The molecule has 0 saturated carbocycles. The molecule has 0 saturated heterocycles. The monoisotopic (exact) mass is 495 g/mol. The molecule has 1 aliphatic rings. The minimum atomic E-state index is -3.67. The Kier molecular flexibility index (Phi) is 7.68. The summed E-state index contributed by atoms with van der Waals surface area (Å²) in [5.41, 5.74) is 10.7. The summed E-state index contributed by atoms with van der Waals surface area (Å²) in [6, 6.07) is 17.3. The molecule has 0 heterocycles. The Balaban J connectivity index is 0.000000623. The zero-order valence-electron chi connectivity index (χ0n) is 18.9. The lowest BCUT2D eigenvalue weighted by atomic mass is 9.91. The van der Waals surface area contributed by atoms with E-state index in [1.807, 2.05) is 12.1 Å². The van der Waals surface area contributed by atoms with Crippen LogP contribution in [-0.4, -0.2) is 42.0 Å². The van der Waals surface area contributed by atoms with Crippen LogP contribution in [0, 0.1) is 5.41 Å². The van der Waals surface area contributed by atoms with E-state index in [2.05, 4.69) is 5.32 Å². The normalized spacial score (nSPS) is 12.2. The number of hydrogen-bond donors (Lipinski definition) is 5. The van der Waals surface area contributed by atoms with Crippen LogP contribution in [0.1, 0.15) is 43.8 Å². The number of aryl methyl sites for hydroxylation is 2. The molecule has 0 unspecified atom stereocenters. The van der Waals surface area contributed by atoms with E-state index in [4.69, 9.17) is 15.7 Å². The number of fused-ring (bicyclic) bond motifs is 1. The van der Waals surface area contributed by atoms with Crippen LogP contribution in [0.2, 0.25) is 0 Å². The number of anilines is 1. The number of hydrogen-bond acceptors (Lipinski definition) is 5. The van der Waals surface area contributed by atoms with Crippen molar-refractivity contribution in [1.29, 1.82) is 5.41 Å². The summed E-state index contributed by atoms with van der Waals surface area (Å²) in [4.78, 5) is 24.9. The Hall–Kier alpha value is -4.02. The largest absolute Gasteiger partial charge is 0.478 e. The molecule has 9 nitrogen and oxygen atoms in total. The van der Waals surface area contributed by atoms with Crippen LogP contribution < -0.4 is 11.1 Å². The van der Waals surface area contributed by atoms with Crippen molar-refractivity contribution in [2.24, 2.45) is 5.73 Å². The average Bonchev–Trinajstić information content (AvgIpc) is 3.25. The zero-order chi connectivity index (χ0) is 25.8. The Labute approximate surface area is 202 Å². The molecule has 0 radical (unpaired) electrons. The molecule has 0 atom stereocenters. The van der Waals surface area contributed by atoms with E-state index in [1.165, 1.54) is 0 Å². The minimum Gasteiger partial charge on any atom is -0.478 e. The van der Waals surface area contributed by atoms with Gasteiger partial charge in [-0.1, -0.05) is 24.3 Å². The average molecular weight is 496 g/mol. The molecule has 0 aliphatic heterocycles. The van der Waals surface area contributed by atoms with E-state index in [9.17, 15) is 23.1 Å². The lowest BCUT2D eigenvalue weighted by Gasteiger charge is -2.15. The van der Waals surface area contributed by atoms with Crippen LogP contribution in [0.5, 0.6) is 0 Å². The van der Waals surface area contributed by atoms with E-state index in [0.717, 1.165) is 30.4 Å². The first-order chi connectivity index (χ1) is 16.4. The molecular formula is C25H25N3O6S. The van der Waals surface area contributed by atoms with Crippen molar-refractivity contribution in [2.45, 2.75) is 19.3 Å². The van der Waals surface area contributed by atoms with Gasteiger partial charge in [-0.25, -0.2) is 4.79 Å². The molecular weight excluding hydrogens is 470 g/mol. The molecule has 0 aromatic heterocycles. The summed E-state index contributed by atoms with van der Waals surface area (Å²) in [7, 11) is -3.67. The summed E-state index contributed by atoms with van der Waals surface area (Å²) in [5, 5.41) is 20.0. The number of amides is 1. The Morgan fingerprint density at radius 2 is 1.51 bits per heavy atom. The topological polar surface area (TPSA) is 171 Å². The highest BCUT2D eigenvalue weighted by molar-refractivity contribution is 7.85. The number of nitrogens with two attached hydrogens (primary N) is 1. The highest BCUT2D eigenvalue weighted by atomic mass is 32.2. The molecule has 1 aliphatic carbocycles. The van der Waals surface area contributed by atoms with Crippen molar-refractivity contribution in [3.8, 4) is 11.1 Å². The summed E-state index contributed by atoms with van der Waals surface area (Å²) < 4.78 is 25.9. The first-order valence-electron chi connectivity index (χ1n) is 10.6. The molecule has 182 valence electrons. The highest BCUT2D eigenvalue weighted by Gasteiger charge is 2.22. The molecule has 1 amide bonds. The van der Waals surface area contributed by atoms with Crippen molar-refractivity contribution >= 4 is 33.5 Å². The van der Waals surface area contributed by atoms with Crippen LogP contribution in [0.4, 0.5) is 5.69 Å². The fourth-order valence-electron chi connectivity index (χ4n) is 3.87. The fraction of sp³-hybridized carbons (Fsp3) is 0.160. The smallest absolute Gasteiger partial charge is 0.336 e. The quantitative estimate of drug-likeness (QED) is 0.204. The molecule has 3 aromatic carbocycles. The zero-order valence-corrected chi connectivity index (χ0v) is 19.7. The van der Waals surface area contributed by atoms with Gasteiger partial charge in [0.25, 0.3) is 16.0 Å². The number of aromatic carboxylic acids is 1. The van der Waals surface area contributed by atoms with Crippen LogP contribution in [0.15, 0.2) is 60.7 Å². The summed E-state index contributed by atoms with van der Waals surface area (Å²) in [6.45, 7) is 0. The van der Waals surface area contributed by atoms with Crippen LogP contribution in [0.25, 0.3) is 11.1 Å². The van der Waals surface area contributed by atoms with Gasteiger partial charge >= 0.3 is 5.97 Å². The first kappa shape index (κ1) is 25.6. The Morgan fingerprint density at radius 3 is 2.09 bits per heavy atom. The Morgan fingerprint density at radius 1 is 0.943 bits per heavy atom. The third-order valence-corrected chi connectivity index (χ3v) is 5.38. The third-order valence-electron chi connectivity index (χ3n) is 5.38. The van der Waals surface area contributed by atoms with Crippen molar-refractivity contribution in [2.75, 3.05) is 11.6 Å². The summed E-state index contributed by atoms with van der Waals surface area (Å²) in [5.74, 6) is -1.38. The number of amidine groups is 1. The van der Waals surface area contributed by atoms with Gasteiger partial charge in [0.15, 0.2) is 0 Å². The van der Waals surface area contributed by atoms with Crippen molar-refractivity contribution in [3.05, 3.63) is 88.5 Å². The maximum Gasteiger partial charge on any atom is 0.336 e. The number of nitrogen functional groups attached to an aromatic ring is 1. The lowest BCUT2D eigenvalue weighted by molar-refractivity contribution is 0.0697. The number of benzene rings is 3. The van der Waals surface area contributed by atoms with Gasteiger partial charge in [0.2, 0.25) is 0 Å². The molecule has 3 aromatic rings. The second kappa shape index (κ2) is 10.5. The Bertz CT molecular complexity index is 1390. The van der Waals surface area contributed by atoms with E-state index in [1.54, 1.807) is 48.5 Å². The highest BCUT2D eigenvalue weighted by Crippen LogP contribution is 2.34. The van der Waals surface area contributed by atoms with Crippen molar-refractivity contribution in [3.63, 3.8) is 0 Å². The standard InChI is InChI=1S/C24H21N3O3.CH4O3S/c25-22(26)14-8-10-17(11-9-14)27-23(28)21-13-16-5-3-4-15(16)12-20(21)18-6-1-2-7-19(18)24(29)30;1-5(2,3)4/h1-2,6-13H,3-5H2,(H3,25,26)(H,27,28)(H,29,30);1H3,(H,2,3,4). The summed E-state index contributed by atoms with van der Waals surface area (Å²) in [6.07, 6.45) is 3.57. The number of rotatable bonds is 5. The van der Waals surface area contributed by atoms with E-state index >= 15 is 0 Å². The SMILES string of the molecule is CS(=O)(=O)O.N=C(N)c1ccc(NC(=O)c2cc3c(cc2-c2ccccc2C(=O)O)CCC3)cc1.